The van der Waals surface area contributed by atoms with Gasteiger partial charge >= 0.3 is 12.2 Å². The van der Waals surface area contributed by atoms with Crippen molar-refractivity contribution in [1.82, 2.24) is 15.5 Å². The molecule has 1 aliphatic heterocycles. The highest BCUT2D eigenvalue weighted by atomic mass is 16.6. The highest BCUT2D eigenvalue weighted by molar-refractivity contribution is 5.67. The summed E-state index contributed by atoms with van der Waals surface area (Å²) in [6.07, 6.45) is 28.5. The van der Waals surface area contributed by atoms with Crippen molar-refractivity contribution < 1.29 is 19.1 Å². The Kier molecular flexibility index (Phi) is 21.7. The van der Waals surface area contributed by atoms with Crippen molar-refractivity contribution in [2.45, 2.75) is 162 Å². The maximum absolute atomic E-state index is 12.4. The summed E-state index contributed by atoms with van der Waals surface area (Å²) in [6, 6.07) is 0. The number of ether oxygens (including phenoxy) is 2. The van der Waals surface area contributed by atoms with Gasteiger partial charge in [-0.05, 0) is 51.1 Å². The molecule has 2 N–H and O–H groups in total. The van der Waals surface area contributed by atoms with Gasteiger partial charge in [-0.25, -0.2) is 9.59 Å². The van der Waals surface area contributed by atoms with Gasteiger partial charge < -0.3 is 25.0 Å². The Morgan fingerprint density at radius 2 is 1.09 bits per heavy atom. The van der Waals surface area contributed by atoms with E-state index in [2.05, 4.69) is 29.4 Å². The molecule has 0 aromatic rings. The van der Waals surface area contributed by atoms with Crippen molar-refractivity contribution >= 4 is 12.2 Å². The van der Waals surface area contributed by atoms with Gasteiger partial charge in [0, 0.05) is 25.0 Å². The van der Waals surface area contributed by atoms with E-state index in [1.165, 1.54) is 109 Å². The van der Waals surface area contributed by atoms with Crippen LogP contribution in [0.15, 0.2) is 0 Å². The summed E-state index contributed by atoms with van der Waals surface area (Å²) in [5.74, 6) is 0.809. The van der Waals surface area contributed by atoms with Crippen LogP contribution in [0, 0.1) is 11.3 Å². The lowest BCUT2D eigenvalue weighted by atomic mass is 9.75. The second-order valence-electron chi connectivity index (χ2n) is 13.9. The van der Waals surface area contributed by atoms with E-state index < -0.39 is 0 Å². The number of carbonyl (C=O) groups excluding carboxylic acids is 2. The molecule has 0 unspecified atom stereocenters. The molecule has 0 atom stereocenters. The second kappa shape index (κ2) is 24.8. The van der Waals surface area contributed by atoms with E-state index in [1.54, 1.807) is 0 Å². The number of carbonyl (C=O) groups is 2. The van der Waals surface area contributed by atoms with Crippen molar-refractivity contribution in [3.8, 4) is 0 Å². The van der Waals surface area contributed by atoms with Crippen LogP contribution in [0.2, 0.25) is 0 Å². The van der Waals surface area contributed by atoms with E-state index in [-0.39, 0.29) is 17.6 Å². The fourth-order valence-electron chi connectivity index (χ4n) is 6.64. The van der Waals surface area contributed by atoms with E-state index in [1.807, 2.05) is 0 Å². The molecule has 7 nitrogen and oxygen atoms in total. The zero-order valence-electron chi connectivity index (χ0n) is 28.4. The summed E-state index contributed by atoms with van der Waals surface area (Å²) in [5, 5.41) is 5.84. The first-order chi connectivity index (χ1) is 21.0. The zero-order valence-corrected chi connectivity index (χ0v) is 28.4. The molecule has 1 saturated heterocycles. The SMILES string of the molecule is CCCCCCCCCCCCCCCCCCNC(=O)OCC1(COC(=O)NCCN2CCC(C)CC2)CCCCC1. The number of unbranched alkanes of at least 4 members (excludes halogenated alkanes) is 15. The summed E-state index contributed by atoms with van der Waals surface area (Å²) >= 11 is 0. The van der Waals surface area contributed by atoms with Crippen LogP contribution < -0.4 is 10.6 Å². The summed E-state index contributed by atoms with van der Waals surface area (Å²) in [6.45, 7) is 9.59. The second-order valence-corrected chi connectivity index (χ2v) is 13.9. The predicted molar refractivity (Wildman–Crippen MR) is 179 cm³/mol. The van der Waals surface area contributed by atoms with Gasteiger partial charge in [-0.1, -0.05) is 129 Å². The van der Waals surface area contributed by atoms with Crippen LogP contribution >= 0.6 is 0 Å². The monoisotopic (exact) mass is 608 g/mol. The number of nitrogens with zero attached hydrogens (tertiary/aromatic N) is 1. The van der Waals surface area contributed by atoms with Crippen molar-refractivity contribution in [2.75, 3.05) is 45.9 Å². The lowest BCUT2D eigenvalue weighted by molar-refractivity contribution is 0.00298. The lowest BCUT2D eigenvalue weighted by Gasteiger charge is -2.36. The largest absolute Gasteiger partial charge is 0.449 e. The van der Waals surface area contributed by atoms with Crippen molar-refractivity contribution in [3.63, 3.8) is 0 Å². The molecule has 0 bridgehead atoms. The molecule has 43 heavy (non-hydrogen) atoms. The molecule has 1 heterocycles. The van der Waals surface area contributed by atoms with Gasteiger partial charge in [-0.3, -0.25) is 0 Å². The topological polar surface area (TPSA) is 79.9 Å². The van der Waals surface area contributed by atoms with Gasteiger partial charge in [0.15, 0.2) is 0 Å². The number of nitrogens with one attached hydrogen (secondary N) is 2. The van der Waals surface area contributed by atoms with E-state index in [0.29, 0.717) is 26.3 Å². The lowest BCUT2D eigenvalue weighted by Crippen LogP contribution is -2.41. The number of piperidine rings is 1. The Morgan fingerprint density at radius 1 is 0.651 bits per heavy atom. The Labute approximate surface area is 265 Å². The van der Waals surface area contributed by atoms with Crippen molar-refractivity contribution in [3.05, 3.63) is 0 Å². The molecule has 7 heteroatoms. The third-order valence-corrected chi connectivity index (χ3v) is 9.81. The predicted octanol–water partition coefficient (Wildman–Crippen LogP) is 9.38. The van der Waals surface area contributed by atoms with Crippen molar-refractivity contribution in [1.29, 1.82) is 0 Å². The molecule has 252 valence electrons. The van der Waals surface area contributed by atoms with E-state index in [0.717, 1.165) is 64.1 Å². The maximum atomic E-state index is 12.4. The third-order valence-electron chi connectivity index (χ3n) is 9.81. The molecule has 2 aliphatic rings. The van der Waals surface area contributed by atoms with Gasteiger partial charge in [0.05, 0.1) is 0 Å². The Hall–Kier alpha value is -1.50. The molecular formula is C36H69N3O4. The number of alkyl carbamates (subject to hydrolysis) is 2. The minimum absolute atomic E-state index is 0.260. The first kappa shape index (κ1) is 37.7. The number of amides is 2. The molecule has 2 rings (SSSR count). The van der Waals surface area contributed by atoms with Gasteiger partial charge in [0.1, 0.15) is 13.2 Å². The first-order valence-electron chi connectivity index (χ1n) is 18.6. The number of hydrogen-bond donors (Lipinski definition) is 2. The summed E-state index contributed by atoms with van der Waals surface area (Å²) in [7, 11) is 0. The maximum Gasteiger partial charge on any atom is 0.407 e. The average Bonchev–Trinajstić information content (AvgIpc) is 3.02. The quantitative estimate of drug-likeness (QED) is 0.107. The third kappa shape index (κ3) is 19.5. The molecule has 1 aliphatic carbocycles. The molecular weight excluding hydrogens is 538 g/mol. The minimum atomic E-state index is -0.358. The molecule has 2 amide bonds. The molecule has 0 spiro atoms. The van der Waals surface area contributed by atoms with Gasteiger partial charge in [-0.2, -0.15) is 0 Å². The first-order valence-corrected chi connectivity index (χ1v) is 18.6. The van der Waals surface area contributed by atoms with Crippen LogP contribution in [-0.2, 0) is 9.47 Å². The van der Waals surface area contributed by atoms with E-state index in [9.17, 15) is 9.59 Å². The Balaban J connectivity index is 1.43. The molecule has 0 radical (unpaired) electrons. The fourth-order valence-corrected chi connectivity index (χ4v) is 6.64. The summed E-state index contributed by atoms with van der Waals surface area (Å²) in [5.41, 5.74) is -0.260. The van der Waals surface area contributed by atoms with Crippen molar-refractivity contribution in [2.24, 2.45) is 11.3 Å². The zero-order chi connectivity index (χ0) is 30.9. The van der Waals surface area contributed by atoms with E-state index in [4.69, 9.17) is 9.47 Å². The minimum Gasteiger partial charge on any atom is -0.449 e. The smallest absolute Gasteiger partial charge is 0.407 e. The van der Waals surface area contributed by atoms with Crippen LogP contribution in [0.1, 0.15) is 162 Å². The Bertz CT molecular complexity index is 690. The fraction of sp³-hybridized carbons (Fsp3) is 0.944. The number of hydrogen-bond acceptors (Lipinski definition) is 5. The average molecular weight is 608 g/mol. The van der Waals surface area contributed by atoms with Gasteiger partial charge in [0.25, 0.3) is 0 Å². The highest BCUT2D eigenvalue weighted by Crippen LogP contribution is 2.37. The Morgan fingerprint density at radius 3 is 1.58 bits per heavy atom. The number of likely N-dealkylation sites (tertiary alicyclic amines) is 1. The van der Waals surface area contributed by atoms with Crippen LogP contribution in [0.5, 0.6) is 0 Å². The van der Waals surface area contributed by atoms with Crippen LogP contribution in [0.4, 0.5) is 9.59 Å². The normalized spacial score (nSPS) is 17.4. The molecule has 0 aromatic heterocycles. The van der Waals surface area contributed by atoms with E-state index >= 15 is 0 Å². The van der Waals surface area contributed by atoms with Gasteiger partial charge in [0.2, 0.25) is 0 Å². The van der Waals surface area contributed by atoms with Crippen LogP contribution in [0.25, 0.3) is 0 Å². The summed E-state index contributed by atoms with van der Waals surface area (Å²) in [4.78, 5) is 27.2. The van der Waals surface area contributed by atoms with Crippen LogP contribution in [0.3, 0.4) is 0 Å². The summed E-state index contributed by atoms with van der Waals surface area (Å²) < 4.78 is 11.3. The van der Waals surface area contributed by atoms with Crippen LogP contribution in [-0.4, -0.2) is 63.0 Å². The standard InChI is InChI=1S/C36H69N3O4/c1-3-4-5-6-7-8-9-10-11-12-13-14-15-16-17-21-26-37-34(40)42-31-36(24-19-18-20-25-36)32-43-35(41)38-27-30-39-28-22-33(2)23-29-39/h33H,3-32H2,1-2H3,(H,37,40)(H,38,41). The molecule has 1 saturated carbocycles. The number of rotatable bonds is 24. The van der Waals surface area contributed by atoms with Gasteiger partial charge in [-0.15, -0.1) is 0 Å². The molecule has 2 fully saturated rings. The highest BCUT2D eigenvalue weighted by Gasteiger charge is 2.35. The molecule has 0 aromatic carbocycles.